The van der Waals surface area contributed by atoms with Crippen LogP contribution in [0.5, 0.6) is 0 Å². The molecule has 1 saturated heterocycles. The van der Waals surface area contributed by atoms with E-state index in [1.54, 1.807) is 0 Å². The second-order valence-electron chi connectivity index (χ2n) is 5.09. The fraction of sp³-hybridized carbons (Fsp3) is 0.538. The molecule has 0 unspecified atom stereocenters. The van der Waals surface area contributed by atoms with Gasteiger partial charge in [-0.15, -0.1) is 0 Å². The molecule has 1 fully saturated rings. The second kappa shape index (κ2) is 4.24. The molecule has 0 saturated carbocycles. The summed E-state index contributed by atoms with van der Waals surface area (Å²) in [5.41, 5.74) is 2.21. The molecular weight excluding hydrogens is 228 g/mol. The molecule has 5 heteroatoms. The number of aryl methyl sites for hydroxylation is 3. The van der Waals surface area contributed by atoms with Crippen LogP contribution >= 0.6 is 0 Å². The fourth-order valence-electron chi connectivity index (χ4n) is 2.27. The maximum absolute atomic E-state index is 5.59. The van der Waals surface area contributed by atoms with Crippen LogP contribution in [-0.4, -0.2) is 32.8 Å². The number of oxazole rings is 1. The lowest BCUT2D eigenvalue weighted by molar-refractivity contribution is 0.0812. The topological polar surface area (TPSA) is 47.1 Å². The van der Waals surface area contributed by atoms with Crippen molar-refractivity contribution in [2.45, 2.75) is 33.4 Å². The van der Waals surface area contributed by atoms with Crippen molar-refractivity contribution in [2.24, 2.45) is 0 Å². The summed E-state index contributed by atoms with van der Waals surface area (Å²) in [6.45, 7) is 8.83. The summed E-state index contributed by atoms with van der Waals surface area (Å²) in [6.07, 6.45) is 4.00. The van der Waals surface area contributed by atoms with Crippen LogP contribution in [0.25, 0.3) is 0 Å². The van der Waals surface area contributed by atoms with Gasteiger partial charge in [0.25, 0.3) is 0 Å². The van der Waals surface area contributed by atoms with Gasteiger partial charge in [0.2, 0.25) is 5.89 Å². The molecule has 0 radical (unpaired) electrons. The average molecular weight is 246 g/mol. The van der Waals surface area contributed by atoms with Crippen molar-refractivity contribution < 1.29 is 4.42 Å². The standard InChI is InChI=1S/C13H18N4O/c1-9-4-14-17(5-9)12-6-16(7-12)8-13-15-10(2)11(3)18-13/h4-5,12H,6-8H2,1-3H3. The molecule has 2 aromatic rings. The summed E-state index contributed by atoms with van der Waals surface area (Å²) in [5.74, 6) is 1.74. The van der Waals surface area contributed by atoms with Gasteiger partial charge in [0.15, 0.2) is 0 Å². The Kier molecular flexibility index (Phi) is 2.70. The highest BCUT2D eigenvalue weighted by Crippen LogP contribution is 2.23. The molecule has 18 heavy (non-hydrogen) atoms. The van der Waals surface area contributed by atoms with Crippen molar-refractivity contribution in [3.8, 4) is 0 Å². The highest BCUT2D eigenvalue weighted by molar-refractivity contribution is 5.06. The summed E-state index contributed by atoms with van der Waals surface area (Å²) in [7, 11) is 0. The van der Waals surface area contributed by atoms with Crippen LogP contribution in [0, 0.1) is 20.8 Å². The molecule has 0 amide bonds. The number of hydrogen-bond acceptors (Lipinski definition) is 4. The van der Waals surface area contributed by atoms with Crippen LogP contribution in [-0.2, 0) is 6.54 Å². The Balaban J connectivity index is 1.56. The average Bonchev–Trinajstić information content (AvgIpc) is 2.80. The summed E-state index contributed by atoms with van der Waals surface area (Å²) in [4.78, 5) is 6.73. The molecule has 96 valence electrons. The first-order chi connectivity index (χ1) is 8.61. The van der Waals surface area contributed by atoms with Gasteiger partial charge in [0.05, 0.1) is 24.5 Å². The lowest BCUT2D eigenvalue weighted by Crippen LogP contribution is -2.47. The zero-order valence-corrected chi connectivity index (χ0v) is 11.1. The van der Waals surface area contributed by atoms with Crippen molar-refractivity contribution in [1.29, 1.82) is 0 Å². The molecule has 3 heterocycles. The number of likely N-dealkylation sites (tertiary alicyclic amines) is 1. The van der Waals surface area contributed by atoms with Crippen molar-refractivity contribution in [1.82, 2.24) is 19.7 Å². The predicted molar refractivity (Wildman–Crippen MR) is 67.3 cm³/mol. The van der Waals surface area contributed by atoms with Crippen LogP contribution in [0.1, 0.15) is 29.0 Å². The largest absolute Gasteiger partial charge is 0.444 e. The van der Waals surface area contributed by atoms with Crippen molar-refractivity contribution in [2.75, 3.05) is 13.1 Å². The molecule has 1 aliphatic heterocycles. The number of rotatable bonds is 3. The van der Waals surface area contributed by atoms with E-state index in [1.165, 1.54) is 5.56 Å². The zero-order valence-electron chi connectivity index (χ0n) is 11.1. The van der Waals surface area contributed by atoms with E-state index < -0.39 is 0 Å². The van der Waals surface area contributed by atoms with Gasteiger partial charge in [-0.1, -0.05) is 0 Å². The first kappa shape index (κ1) is 11.5. The third-order valence-corrected chi connectivity index (χ3v) is 3.47. The van der Waals surface area contributed by atoms with E-state index in [-0.39, 0.29) is 0 Å². The highest BCUT2D eigenvalue weighted by Gasteiger charge is 2.29. The second-order valence-corrected chi connectivity index (χ2v) is 5.09. The third-order valence-electron chi connectivity index (χ3n) is 3.47. The minimum Gasteiger partial charge on any atom is -0.444 e. The van der Waals surface area contributed by atoms with Gasteiger partial charge in [-0.3, -0.25) is 9.58 Å². The zero-order chi connectivity index (χ0) is 12.7. The molecule has 0 atom stereocenters. The molecule has 2 aromatic heterocycles. The Morgan fingerprint density at radius 3 is 2.67 bits per heavy atom. The van der Waals surface area contributed by atoms with E-state index in [1.807, 2.05) is 20.0 Å². The van der Waals surface area contributed by atoms with Crippen molar-refractivity contribution in [3.63, 3.8) is 0 Å². The maximum atomic E-state index is 5.59. The minimum atomic E-state index is 0.496. The Hall–Kier alpha value is -1.62. The Labute approximate surface area is 106 Å². The quantitative estimate of drug-likeness (QED) is 0.829. The first-order valence-electron chi connectivity index (χ1n) is 6.28. The van der Waals surface area contributed by atoms with Gasteiger partial charge in [0.1, 0.15) is 5.76 Å². The number of nitrogens with zero attached hydrogens (tertiary/aromatic N) is 4. The smallest absolute Gasteiger partial charge is 0.208 e. The monoisotopic (exact) mass is 246 g/mol. The molecule has 0 aromatic carbocycles. The molecule has 1 aliphatic rings. The van der Waals surface area contributed by atoms with Crippen LogP contribution in [0.3, 0.4) is 0 Å². The van der Waals surface area contributed by atoms with E-state index >= 15 is 0 Å². The van der Waals surface area contributed by atoms with Gasteiger partial charge in [0, 0.05) is 19.3 Å². The van der Waals surface area contributed by atoms with Crippen molar-refractivity contribution in [3.05, 3.63) is 35.3 Å². The maximum Gasteiger partial charge on any atom is 0.208 e. The Morgan fingerprint density at radius 2 is 2.11 bits per heavy atom. The van der Waals surface area contributed by atoms with Crippen LogP contribution < -0.4 is 0 Å². The lowest BCUT2D eigenvalue weighted by Gasteiger charge is -2.38. The normalized spacial score (nSPS) is 17.1. The van der Waals surface area contributed by atoms with Gasteiger partial charge in [-0.2, -0.15) is 5.10 Å². The summed E-state index contributed by atoms with van der Waals surface area (Å²) in [5, 5.41) is 4.35. The van der Waals surface area contributed by atoms with Gasteiger partial charge < -0.3 is 4.42 Å². The summed E-state index contributed by atoms with van der Waals surface area (Å²) in [6, 6.07) is 0.496. The van der Waals surface area contributed by atoms with Gasteiger partial charge >= 0.3 is 0 Å². The van der Waals surface area contributed by atoms with E-state index in [4.69, 9.17) is 4.42 Å². The molecule has 0 N–H and O–H groups in total. The SMILES string of the molecule is Cc1cnn(C2CN(Cc3nc(C)c(C)o3)C2)c1. The molecular formula is C13H18N4O. The van der Waals surface area contributed by atoms with Gasteiger partial charge in [-0.25, -0.2) is 4.98 Å². The molecule has 5 nitrogen and oxygen atoms in total. The van der Waals surface area contributed by atoms with E-state index in [9.17, 15) is 0 Å². The Morgan fingerprint density at radius 1 is 1.33 bits per heavy atom. The van der Waals surface area contributed by atoms with Crippen LogP contribution in [0.15, 0.2) is 16.8 Å². The van der Waals surface area contributed by atoms with E-state index in [0.29, 0.717) is 6.04 Å². The first-order valence-corrected chi connectivity index (χ1v) is 6.28. The van der Waals surface area contributed by atoms with Crippen molar-refractivity contribution >= 4 is 0 Å². The lowest BCUT2D eigenvalue weighted by atomic mass is 10.1. The summed E-state index contributed by atoms with van der Waals surface area (Å²) >= 11 is 0. The summed E-state index contributed by atoms with van der Waals surface area (Å²) < 4.78 is 7.64. The Bertz CT molecular complexity index is 532. The van der Waals surface area contributed by atoms with E-state index in [2.05, 4.69) is 32.8 Å². The molecule has 0 spiro atoms. The van der Waals surface area contributed by atoms with Crippen LogP contribution in [0.4, 0.5) is 0 Å². The highest BCUT2D eigenvalue weighted by atomic mass is 16.4. The molecule has 3 rings (SSSR count). The number of aromatic nitrogens is 3. The van der Waals surface area contributed by atoms with E-state index in [0.717, 1.165) is 37.0 Å². The fourth-order valence-corrected chi connectivity index (χ4v) is 2.27. The minimum absolute atomic E-state index is 0.496. The van der Waals surface area contributed by atoms with Crippen LogP contribution in [0.2, 0.25) is 0 Å². The third kappa shape index (κ3) is 2.06. The molecule has 0 aliphatic carbocycles. The molecule has 0 bridgehead atoms. The van der Waals surface area contributed by atoms with Gasteiger partial charge in [-0.05, 0) is 26.3 Å². The number of hydrogen-bond donors (Lipinski definition) is 0. The predicted octanol–water partition coefficient (Wildman–Crippen LogP) is 1.85.